The SMILES string of the molecule is COc1ccc(CCNc2nc(N3CCOCC3)nc3c2ncn3C(C)C)cc1. The number of imidazole rings is 1. The molecule has 2 aromatic heterocycles. The van der Waals surface area contributed by atoms with E-state index in [1.807, 2.05) is 18.5 Å². The minimum absolute atomic E-state index is 0.277. The van der Waals surface area contributed by atoms with Gasteiger partial charge in [-0.3, -0.25) is 0 Å². The molecule has 0 bridgehead atoms. The molecule has 0 saturated carbocycles. The van der Waals surface area contributed by atoms with E-state index in [2.05, 4.69) is 45.7 Å². The van der Waals surface area contributed by atoms with E-state index in [4.69, 9.17) is 19.4 Å². The Kier molecular flexibility index (Phi) is 5.80. The predicted octanol–water partition coefficient (Wildman–Crippen LogP) is 2.91. The third-order valence-corrected chi connectivity index (χ3v) is 5.13. The molecule has 1 fully saturated rings. The summed E-state index contributed by atoms with van der Waals surface area (Å²) >= 11 is 0. The zero-order valence-corrected chi connectivity index (χ0v) is 17.3. The van der Waals surface area contributed by atoms with Crippen molar-refractivity contribution >= 4 is 22.9 Å². The quantitative estimate of drug-likeness (QED) is 0.658. The van der Waals surface area contributed by atoms with Crippen molar-refractivity contribution in [2.24, 2.45) is 0 Å². The molecule has 0 radical (unpaired) electrons. The van der Waals surface area contributed by atoms with Gasteiger partial charge in [0.05, 0.1) is 26.7 Å². The summed E-state index contributed by atoms with van der Waals surface area (Å²) in [5.74, 6) is 2.38. The topological polar surface area (TPSA) is 77.3 Å². The van der Waals surface area contributed by atoms with Gasteiger partial charge in [-0.2, -0.15) is 9.97 Å². The highest BCUT2D eigenvalue weighted by atomic mass is 16.5. The Bertz CT molecular complexity index is 948. The minimum atomic E-state index is 0.277. The van der Waals surface area contributed by atoms with Crippen molar-refractivity contribution < 1.29 is 9.47 Å². The van der Waals surface area contributed by atoms with Crippen LogP contribution in [0.4, 0.5) is 11.8 Å². The number of nitrogens with one attached hydrogen (secondary N) is 1. The van der Waals surface area contributed by atoms with Crippen LogP contribution in [0.5, 0.6) is 5.75 Å². The number of hydrogen-bond donors (Lipinski definition) is 1. The third kappa shape index (κ3) is 4.27. The van der Waals surface area contributed by atoms with E-state index in [0.717, 1.165) is 54.7 Å². The number of ether oxygens (including phenoxy) is 2. The standard InChI is InChI=1S/C21H28N6O2/c1-15(2)27-14-23-18-19(22-9-8-16-4-6-17(28-3)7-5-16)24-21(25-20(18)27)26-10-12-29-13-11-26/h4-7,14-15H,8-13H2,1-3H3,(H,22,24,25). The summed E-state index contributed by atoms with van der Waals surface area (Å²) in [5, 5.41) is 3.48. The zero-order chi connectivity index (χ0) is 20.2. The number of anilines is 2. The number of aromatic nitrogens is 4. The average molecular weight is 396 g/mol. The van der Waals surface area contributed by atoms with Crippen molar-refractivity contribution in [3.05, 3.63) is 36.2 Å². The van der Waals surface area contributed by atoms with Crippen molar-refractivity contribution in [3.63, 3.8) is 0 Å². The van der Waals surface area contributed by atoms with Crippen molar-refractivity contribution in [1.29, 1.82) is 0 Å². The highest BCUT2D eigenvalue weighted by Gasteiger charge is 2.19. The highest BCUT2D eigenvalue weighted by Crippen LogP contribution is 2.25. The van der Waals surface area contributed by atoms with Crippen LogP contribution < -0.4 is 15.0 Å². The van der Waals surface area contributed by atoms with Gasteiger partial charge < -0.3 is 24.3 Å². The summed E-state index contributed by atoms with van der Waals surface area (Å²) in [6, 6.07) is 8.42. The largest absolute Gasteiger partial charge is 0.497 e. The van der Waals surface area contributed by atoms with Crippen molar-refractivity contribution in [3.8, 4) is 5.75 Å². The fourth-order valence-electron chi connectivity index (χ4n) is 3.43. The fraction of sp³-hybridized carbons (Fsp3) is 0.476. The van der Waals surface area contributed by atoms with Crippen LogP contribution in [0.25, 0.3) is 11.2 Å². The van der Waals surface area contributed by atoms with Crippen LogP contribution in [-0.2, 0) is 11.2 Å². The first-order chi connectivity index (χ1) is 14.2. The van der Waals surface area contributed by atoms with Gasteiger partial charge in [-0.1, -0.05) is 12.1 Å². The lowest BCUT2D eigenvalue weighted by Gasteiger charge is -2.27. The summed E-state index contributed by atoms with van der Waals surface area (Å²) in [6.45, 7) is 8.02. The second-order valence-electron chi connectivity index (χ2n) is 7.41. The average Bonchev–Trinajstić information content (AvgIpc) is 3.19. The van der Waals surface area contributed by atoms with Crippen LogP contribution in [-0.4, -0.2) is 59.5 Å². The van der Waals surface area contributed by atoms with Gasteiger partial charge in [0.15, 0.2) is 17.0 Å². The first kappa shape index (κ1) is 19.4. The van der Waals surface area contributed by atoms with Crippen LogP contribution in [0.2, 0.25) is 0 Å². The molecule has 29 heavy (non-hydrogen) atoms. The molecule has 1 aromatic carbocycles. The van der Waals surface area contributed by atoms with Crippen molar-refractivity contribution in [2.75, 3.05) is 50.2 Å². The first-order valence-electron chi connectivity index (χ1n) is 10.1. The summed E-state index contributed by atoms with van der Waals surface area (Å²) in [4.78, 5) is 16.4. The normalized spacial score (nSPS) is 14.6. The Balaban J connectivity index is 1.57. The molecule has 0 amide bonds. The molecular weight excluding hydrogens is 368 g/mol. The van der Waals surface area contributed by atoms with Gasteiger partial charge in [0, 0.05) is 25.7 Å². The first-order valence-corrected chi connectivity index (χ1v) is 10.1. The summed E-state index contributed by atoms with van der Waals surface area (Å²) in [5.41, 5.74) is 2.92. The van der Waals surface area contributed by atoms with E-state index in [1.165, 1.54) is 5.56 Å². The van der Waals surface area contributed by atoms with Crippen LogP contribution in [0.15, 0.2) is 30.6 Å². The molecule has 1 aliphatic rings. The number of methoxy groups -OCH3 is 1. The summed E-state index contributed by atoms with van der Waals surface area (Å²) in [6.07, 6.45) is 2.73. The smallest absolute Gasteiger partial charge is 0.229 e. The van der Waals surface area contributed by atoms with Crippen molar-refractivity contribution in [1.82, 2.24) is 19.5 Å². The van der Waals surface area contributed by atoms with Gasteiger partial charge in [-0.05, 0) is 38.0 Å². The number of nitrogens with zero attached hydrogens (tertiary/aromatic N) is 5. The monoisotopic (exact) mass is 396 g/mol. The molecule has 3 heterocycles. The van der Waals surface area contributed by atoms with E-state index >= 15 is 0 Å². The lowest BCUT2D eigenvalue weighted by Crippen LogP contribution is -2.37. The molecule has 3 aromatic rings. The Hall–Kier alpha value is -2.87. The van der Waals surface area contributed by atoms with Gasteiger partial charge in [0.2, 0.25) is 5.95 Å². The Morgan fingerprint density at radius 2 is 1.90 bits per heavy atom. The molecule has 1 aliphatic heterocycles. The molecule has 0 spiro atoms. The van der Waals surface area contributed by atoms with Gasteiger partial charge in [-0.15, -0.1) is 0 Å². The fourth-order valence-corrected chi connectivity index (χ4v) is 3.43. The molecular formula is C21H28N6O2. The minimum Gasteiger partial charge on any atom is -0.497 e. The van der Waals surface area contributed by atoms with Crippen LogP contribution >= 0.6 is 0 Å². The lowest BCUT2D eigenvalue weighted by atomic mass is 10.1. The number of hydrogen-bond acceptors (Lipinski definition) is 7. The third-order valence-electron chi connectivity index (χ3n) is 5.13. The van der Waals surface area contributed by atoms with E-state index in [0.29, 0.717) is 13.2 Å². The number of rotatable bonds is 7. The van der Waals surface area contributed by atoms with Gasteiger partial charge in [0.1, 0.15) is 5.75 Å². The van der Waals surface area contributed by atoms with Gasteiger partial charge >= 0.3 is 0 Å². The molecule has 0 atom stereocenters. The van der Waals surface area contributed by atoms with E-state index in [9.17, 15) is 0 Å². The van der Waals surface area contributed by atoms with Crippen LogP contribution in [0.1, 0.15) is 25.5 Å². The molecule has 1 saturated heterocycles. The number of benzene rings is 1. The second-order valence-corrected chi connectivity index (χ2v) is 7.41. The lowest BCUT2D eigenvalue weighted by molar-refractivity contribution is 0.122. The maximum Gasteiger partial charge on any atom is 0.229 e. The Labute approximate surface area is 170 Å². The van der Waals surface area contributed by atoms with E-state index in [-0.39, 0.29) is 6.04 Å². The second kappa shape index (κ2) is 8.65. The maximum atomic E-state index is 5.48. The molecule has 8 heteroatoms. The van der Waals surface area contributed by atoms with Gasteiger partial charge in [0.25, 0.3) is 0 Å². The van der Waals surface area contributed by atoms with E-state index in [1.54, 1.807) is 7.11 Å². The number of fused-ring (bicyclic) bond motifs is 1. The van der Waals surface area contributed by atoms with E-state index < -0.39 is 0 Å². The molecule has 4 rings (SSSR count). The molecule has 0 unspecified atom stereocenters. The molecule has 154 valence electrons. The Morgan fingerprint density at radius 1 is 1.14 bits per heavy atom. The molecule has 8 nitrogen and oxygen atoms in total. The number of morpholine rings is 1. The summed E-state index contributed by atoms with van der Waals surface area (Å²) in [7, 11) is 1.68. The van der Waals surface area contributed by atoms with Gasteiger partial charge in [-0.25, -0.2) is 4.98 Å². The van der Waals surface area contributed by atoms with Crippen molar-refractivity contribution in [2.45, 2.75) is 26.3 Å². The predicted molar refractivity (Wildman–Crippen MR) is 114 cm³/mol. The Morgan fingerprint density at radius 3 is 2.59 bits per heavy atom. The van der Waals surface area contributed by atoms with Crippen LogP contribution in [0, 0.1) is 0 Å². The zero-order valence-electron chi connectivity index (χ0n) is 17.3. The molecule has 0 aliphatic carbocycles. The summed E-state index contributed by atoms with van der Waals surface area (Å²) < 4.78 is 12.8. The maximum absolute atomic E-state index is 5.48. The van der Waals surface area contributed by atoms with Crippen LogP contribution in [0.3, 0.4) is 0 Å². The molecule has 1 N–H and O–H groups in total. The highest BCUT2D eigenvalue weighted by molar-refractivity contribution is 5.84.